The molecule has 0 spiro atoms. The Bertz CT molecular complexity index is 495. The number of aryl methyl sites for hydroxylation is 1. The number of rotatable bonds is 2. The average Bonchev–Trinajstić information content (AvgIpc) is 2.54. The first-order valence-corrected chi connectivity index (χ1v) is 5.00. The van der Waals surface area contributed by atoms with Crippen LogP contribution in [-0.4, -0.2) is 21.5 Å². The molecule has 0 aliphatic heterocycles. The third kappa shape index (κ3) is 1.61. The van der Waals surface area contributed by atoms with Crippen LogP contribution in [0.4, 0.5) is 0 Å². The third-order valence-corrected chi connectivity index (χ3v) is 2.73. The quantitative estimate of drug-likeness (QED) is 0.808. The molecule has 0 bridgehead atoms. The highest BCUT2D eigenvalue weighted by Gasteiger charge is 2.14. The van der Waals surface area contributed by atoms with E-state index < -0.39 is 6.04 Å². The lowest BCUT2D eigenvalue weighted by Crippen LogP contribution is -2.14. The van der Waals surface area contributed by atoms with Crippen LogP contribution in [0, 0.1) is 0 Å². The molecule has 2 rings (SSSR count). The molecular weight excluding hydrogens is 214 g/mol. The summed E-state index contributed by atoms with van der Waals surface area (Å²) in [5.41, 5.74) is 7.54. The summed E-state index contributed by atoms with van der Waals surface area (Å²) in [6, 6.07) is 5.24. The highest BCUT2D eigenvalue weighted by atomic mass is 35.5. The van der Waals surface area contributed by atoms with Gasteiger partial charge in [0.05, 0.1) is 18.2 Å². The number of hydrogen-bond donors (Lipinski definition) is 2. The van der Waals surface area contributed by atoms with Crippen molar-refractivity contribution >= 4 is 22.5 Å². The van der Waals surface area contributed by atoms with Crippen LogP contribution in [0.2, 0.25) is 5.15 Å². The third-order valence-electron chi connectivity index (χ3n) is 2.46. The van der Waals surface area contributed by atoms with Gasteiger partial charge in [-0.25, -0.2) is 0 Å². The van der Waals surface area contributed by atoms with Crippen LogP contribution in [0.1, 0.15) is 11.6 Å². The molecule has 3 N–H and O–H groups in total. The number of benzene rings is 1. The predicted octanol–water partition coefficient (Wildman–Crippen LogP) is 1.22. The summed E-state index contributed by atoms with van der Waals surface area (Å²) in [5.74, 6) is 0. The Labute approximate surface area is 92.3 Å². The molecule has 5 heteroatoms. The summed E-state index contributed by atoms with van der Waals surface area (Å²) in [5, 5.41) is 14.4. The van der Waals surface area contributed by atoms with Crippen molar-refractivity contribution in [3.63, 3.8) is 0 Å². The van der Waals surface area contributed by atoms with Gasteiger partial charge in [0.25, 0.3) is 0 Å². The smallest absolute Gasteiger partial charge is 0.159 e. The van der Waals surface area contributed by atoms with Gasteiger partial charge >= 0.3 is 0 Å². The molecule has 0 saturated heterocycles. The zero-order chi connectivity index (χ0) is 11.0. The van der Waals surface area contributed by atoms with E-state index >= 15 is 0 Å². The molecule has 0 fully saturated rings. The van der Waals surface area contributed by atoms with Gasteiger partial charge in [-0.1, -0.05) is 23.7 Å². The standard InChI is InChI=1S/C10H12ClN3O/c1-14-8-4-2-3-6(7(12)5-15)9(8)10(11)13-14/h2-4,7,15H,5,12H2,1H3. The van der Waals surface area contributed by atoms with Gasteiger partial charge < -0.3 is 10.8 Å². The number of aliphatic hydroxyl groups is 1. The van der Waals surface area contributed by atoms with Crippen molar-refractivity contribution in [3.8, 4) is 0 Å². The van der Waals surface area contributed by atoms with E-state index in [0.29, 0.717) is 5.15 Å². The van der Waals surface area contributed by atoms with Gasteiger partial charge in [-0.15, -0.1) is 0 Å². The molecule has 0 amide bonds. The average molecular weight is 226 g/mol. The fraction of sp³-hybridized carbons (Fsp3) is 0.300. The van der Waals surface area contributed by atoms with Crippen molar-refractivity contribution in [1.82, 2.24) is 9.78 Å². The lowest BCUT2D eigenvalue weighted by atomic mass is 10.0. The van der Waals surface area contributed by atoms with Crippen LogP contribution in [0.25, 0.3) is 10.9 Å². The summed E-state index contributed by atoms with van der Waals surface area (Å²) in [4.78, 5) is 0. The lowest BCUT2D eigenvalue weighted by Gasteiger charge is -2.09. The SMILES string of the molecule is Cn1nc(Cl)c2c(C(N)CO)cccc21. The molecule has 80 valence electrons. The Morgan fingerprint density at radius 3 is 3.00 bits per heavy atom. The van der Waals surface area contributed by atoms with Crippen LogP contribution < -0.4 is 5.73 Å². The van der Waals surface area contributed by atoms with Gasteiger partial charge in [-0.05, 0) is 11.6 Å². The fourth-order valence-electron chi connectivity index (χ4n) is 1.69. The van der Waals surface area contributed by atoms with E-state index in [0.717, 1.165) is 16.5 Å². The monoisotopic (exact) mass is 225 g/mol. The van der Waals surface area contributed by atoms with Crippen molar-refractivity contribution in [2.75, 3.05) is 6.61 Å². The highest BCUT2D eigenvalue weighted by molar-refractivity contribution is 6.34. The van der Waals surface area contributed by atoms with Gasteiger partial charge in [0, 0.05) is 12.4 Å². The zero-order valence-corrected chi connectivity index (χ0v) is 9.07. The number of fused-ring (bicyclic) bond motifs is 1. The van der Waals surface area contributed by atoms with Crippen LogP contribution in [0.15, 0.2) is 18.2 Å². The van der Waals surface area contributed by atoms with Gasteiger partial charge in [-0.2, -0.15) is 5.10 Å². The van der Waals surface area contributed by atoms with E-state index in [2.05, 4.69) is 5.10 Å². The Hall–Kier alpha value is -1.10. The first kappa shape index (κ1) is 10.4. The fourth-order valence-corrected chi connectivity index (χ4v) is 2.01. The topological polar surface area (TPSA) is 64.1 Å². The first-order valence-electron chi connectivity index (χ1n) is 4.62. The van der Waals surface area contributed by atoms with Gasteiger partial charge in [-0.3, -0.25) is 4.68 Å². The largest absolute Gasteiger partial charge is 0.394 e. The van der Waals surface area contributed by atoms with Gasteiger partial charge in [0.15, 0.2) is 5.15 Å². The molecule has 15 heavy (non-hydrogen) atoms. The summed E-state index contributed by atoms with van der Waals surface area (Å²) >= 11 is 6.01. The van der Waals surface area contributed by atoms with Crippen molar-refractivity contribution in [2.24, 2.45) is 12.8 Å². The maximum Gasteiger partial charge on any atom is 0.159 e. The maximum atomic E-state index is 9.05. The van der Waals surface area contributed by atoms with Crippen molar-refractivity contribution in [3.05, 3.63) is 28.9 Å². The van der Waals surface area contributed by atoms with E-state index in [1.165, 1.54) is 0 Å². The summed E-state index contributed by atoms with van der Waals surface area (Å²) in [6.45, 7) is -0.107. The number of aliphatic hydroxyl groups excluding tert-OH is 1. The van der Waals surface area contributed by atoms with Crippen LogP contribution in [0.3, 0.4) is 0 Å². The minimum atomic E-state index is -0.421. The number of nitrogens with two attached hydrogens (primary N) is 1. The first-order chi connectivity index (χ1) is 7.15. The van der Waals surface area contributed by atoms with Gasteiger partial charge in [0.2, 0.25) is 0 Å². The van der Waals surface area contributed by atoms with E-state index in [9.17, 15) is 0 Å². The molecule has 0 saturated carbocycles. The molecule has 1 aromatic heterocycles. The predicted molar refractivity (Wildman–Crippen MR) is 59.7 cm³/mol. The van der Waals surface area contributed by atoms with Crippen molar-refractivity contribution < 1.29 is 5.11 Å². The minimum Gasteiger partial charge on any atom is -0.394 e. The van der Waals surface area contributed by atoms with Crippen molar-refractivity contribution in [1.29, 1.82) is 0 Å². The number of hydrogen-bond acceptors (Lipinski definition) is 3. The van der Waals surface area contributed by atoms with Crippen LogP contribution in [-0.2, 0) is 7.05 Å². The van der Waals surface area contributed by atoms with Crippen molar-refractivity contribution in [2.45, 2.75) is 6.04 Å². The second-order valence-corrected chi connectivity index (χ2v) is 3.80. The molecular formula is C10H12ClN3O. The Morgan fingerprint density at radius 2 is 2.33 bits per heavy atom. The Kier molecular flexibility index (Phi) is 2.65. The molecule has 0 aliphatic rings. The molecule has 4 nitrogen and oxygen atoms in total. The highest BCUT2D eigenvalue weighted by Crippen LogP contribution is 2.28. The lowest BCUT2D eigenvalue weighted by molar-refractivity contribution is 0.268. The summed E-state index contributed by atoms with van der Waals surface area (Å²) in [7, 11) is 1.82. The molecule has 1 atom stereocenters. The summed E-state index contributed by atoms with van der Waals surface area (Å²) < 4.78 is 1.70. The molecule has 0 radical (unpaired) electrons. The molecule has 0 aliphatic carbocycles. The molecule has 1 unspecified atom stereocenters. The second kappa shape index (κ2) is 3.81. The van der Waals surface area contributed by atoms with Gasteiger partial charge in [0.1, 0.15) is 0 Å². The van der Waals surface area contributed by atoms with E-state index in [1.807, 2.05) is 25.2 Å². The second-order valence-electron chi connectivity index (χ2n) is 3.44. The van der Waals surface area contributed by atoms with E-state index in [1.54, 1.807) is 4.68 Å². The Balaban J connectivity index is 2.75. The number of nitrogens with zero attached hydrogens (tertiary/aromatic N) is 2. The number of aromatic nitrogens is 2. The van der Waals surface area contributed by atoms with E-state index in [-0.39, 0.29) is 6.61 Å². The summed E-state index contributed by atoms with van der Waals surface area (Å²) in [6.07, 6.45) is 0. The zero-order valence-electron chi connectivity index (χ0n) is 8.31. The van der Waals surface area contributed by atoms with Crippen LogP contribution in [0.5, 0.6) is 0 Å². The normalized spacial score (nSPS) is 13.3. The van der Waals surface area contributed by atoms with E-state index in [4.69, 9.17) is 22.4 Å². The minimum absolute atomic E-state index is 0.107. The van der Waals surface area contributed by atoms with Crippen LogP contribution >= 0.6 is 11.6 Å². The molecule has 1 heterocycles. The molecule has 2 aromatic rings. The number of halogens is 1. The Morgan fingerprint density at radius 1 is 1.60 bits per heavy atom. The maximum absolute atomic E-state index is 9.05. The molecule has 1 aromatic carbocycles.